The zero-order valence-electron chi connectivity index (χ0n) is 11.5. The van der Waals surface area contributed by atoms with Gasteiger partial charge >= 0.3 is 0 Å². The molecule has 2 unspecified atom stereocenters. The molecule has 1 aliphatic rings. The Labute approximate surface area is 114 Å². The second kappa shape index (κ2) is 9.54. The third-order valence-electron chi connectivity index (χ3n) is 3.75. The second-order valence-corrected chi connectivity index (χ2v) is 7.05. The molecule has 4 heteroatoms. The van der Waals surface area contributed by atoms with Crippen LogP contribution in [0.3, 0.4) is 0 Å². The Morgan fingerprint density at radius 3 is 2.61 bits per heavy atom. The standard InChI is InChI=1S/C14H27NO2S/c1-2-3-5-8-13(15-12-16)11-18(17)14-9-6-4-7-10-14/h12-14H,2-11H2,1H3,(H,15,16). The third kappa shape index (κ3) is 5.98. The van der Waals surface area contributed by atoms with Crippen molar-refractivity contribution in [1.29, 1.82) is 0 Å². The van der Waals surface area contributed by atoms with Crippen LogP contribution in [-0.2, 0) is 15.6 Å². The molecule has 1 saturated carbocycles. The van der Waals surface area contributed by atoms with Crippen molar-refractivity contribution in [3.63, 3.8) is 0 Å². The topological polar surface area (TPSA) is 46.2 Å². The van der Waals surface area contributed by atoms with Gasteiger partial charge in [-0.05, 0) is 19.3 Å². The largest absolute Gasteiger partial charge is 0.355 e. The van der Waals surface area contributed by atoms with Crippen LogP contribution in [0.25, 0.3) is 0 Å². The summed E-state index contributed by atoms with van der Waals surface area (Å²) in [6, 6.07) is 0.108. The van der Waals surface area contributed by atoms with Gasteiger partial charge in [-0.15, -0.1) is 0 Å². The Morgan fingerprint density at radius 2 is 2.00 bits per heavy atom. The molecule has 0 spiro atoms. The fraction of sp³-hybridized carbons (Fsp3) is 0.929. The molecule has 18 heavy (non-hydrogen) atoms. The molecule has 0 aromatic rings. The minimum Gasteiger partial charge on any atom is -0.355 e. The van der Waals surface area contributed by atoms with E-state index in [9.17, 15) is 9.00 Å². The molecule has 1 fully saturated rings. The molecule has 106 valence electrons. The van der Waals surface area contributed by atoms with Crippen molar-refractivity contribution in [1.82, 2.24) is 5.32 Å². The van der Waals surface area contributed by atoms with Gasteiger partial charge in [-0.2, -0.15) is 0 Å². The molecule has 0 bridgehead atoms. The first-order valence-corrected chi connectivity index (χ1v) is 8.73. The number of carbonyl (C=O) groups excluding carboxylic acids is 1. The van der Waals surface area contributed by atoms with E-state index in [1.807, 2.05) is 0 Å². The SMILES string of the molecule is CCCCCC(CS(=O)C1CCCCC1)NC=O. The van der Waals surface area contributed by atoms with Crippen LogP contribution >= 0.6 is 0 Å². The molecule has 1 N–H and O–H groups in total. The van der Waals surface area contributed by atoms with E-state index in [1.165, 1.54) is 32.1 Å². The lowest BCUT2D eigenvalue weighted by atomic mass is 10.0. The van der Waals surface area contributed by atoms with Crippen LogP contribution in [0, 0.1) is 0 Å². The molecule has 0 saturated heterocycles. The van der Waals surface area contributed by atoms with E-state index >= 15 is 0 Å². The third-order valence-corrected chi connectivity index (χ3v) is 5.70. The lowest BCUT2D eigenvalue weighted by Gasteiger charge is -2.23. The first-order valence-electron chi connectivity index (χ1n) is 7.34. The molecule has 0 aliphatic heterocycles. The first kappa shape index (κ1) is 15.7. The normalized spacial score (nSPS) is 20.3. The highest BCUT2D eigenvalue weighted by molar-refractivity contribution is 7.85. The van der Waals surface area contributed by atoms with Gasteiger partial charge in [-0.25, -0.2) is 0 Å². The number of hydrogen-bond acceptors (Lipinski definition) is 2. The summed E-state index contributed by atoms with van der Waals surface area (Å²) in [5.74, 6) is 0.646. The molecule has 0 aromatic carbocycles. The number of amides is 1. The summed E-state index contributed by atoms with van der Waals surface area (Å²) in [5.41, 5.74) is 0. The second-order valence-electron chi connectivity index (χ2n) is 5.28. The molecule has 0 radical (unpaired) electrons. The number of carbonyl (C=O) groups is 1. The highest BCUT2D eigenvalue weighted by atomic mass is 32.2. The van der Waals surface area contributed by atoms with E-state index in [4.69, 9.17) is 0 Å². The van der Waals surface area contributed by atoms with Gasteiger partial charge in [0, 0.05) is 27.8 Å². The maximum absolute atomic E-state index is 12.3. The molecule has 2 atom stereocenters. The van der Waals surface area contributed by atoms with E-state index in [2.05, 4.69) is 12.2 Å². The van der Waals surface area contributed by atoms with Gasteiger partial charge < -0.3 is 5.32 Å². The Hall–Kier alpha value is -0.380. The van der Waals surface area contributed by atoms with Crippen LogP contribution in [0.1, 0.15) is 64.7 Å². The zero-order valence-corrected chi connectivity index (χ0v) is 12.3. The van der Waals surface area contributed by atoms with Gasteiger partial charge in [0.1, 0.15) is 0 Å². The molecule has 0 aromatic heterocycles. The van der Waals surface area contributed by atoms with Crippen molar-refractivity contribution in [3.8, 4) is 0 Å². The van der Waals surface area contributed by atoms with Crippen molar-refractivity contribution < 1.29 is 9.00 Å². The minimum atomic E-state index is -0.765. The molecule has 1 amide bonds. The lowest BCUT2D eigenvalue weighted by molar-refractivity contribution is -0.110. The van der Waals surface area contributed by atoms with Crippen LogP contribution in [0.4, 0.5) is 0 Å². The summed E-state index contributed by atoms with van der Waals surface area (Å²) in [6.45, 7) is 2.17. The van der Waals surface area contributed by atoms with Gasteiger partial charge in [-0.1, -0.05) is 45.4 Å². The summed E-state index contributed by atoms with van der Waals surface area (Å²) in [6.07, 6.45) is 11.2. The molecular weight excluding hydrogens is 246 g/mol. The highest BCUT2D eigenvalue weighted by Crippen LogP contribution is 2.22. The van der Waals surface area contributed by atoms with Crippen LogP contribution in [0.2, 0.25) is 0 Å². The Bertz CT molecular complexity index is 252. The highest BCUT2D eigenvalue weighted by Gasteiger charge is 2.22. The van der Waals surface area contributed by atoms with Gasteiger partial charge in [0.15, 0.2) is 0 Å². The number of nitrogens with one attached hydrogen (secondary N) is 1. The van der Waals surface area contributed by atoms with Crippen LogP contribution < -0.4 is 5.32 Å². The predicted octanol–water partition coefficient (Wildman–Crippen LogP) is 2.76. The van der Waals surface area contributed by atoms with E-state index in [0.717, 1.165) is 32.1 Å². The monoisotopic (exact) mass is 273 g/mol. The predicted molar refractivity (Wildman–Crippen MR) is 77.0 cm³/mol. The summed E-state index contributed by atoms with van der Waals surface area (Å²) < 4.78 is 12.3. The summed E-state index contributed by atoms with van der Waals surface area (Å²) >= 11 is 0. The maximum Gasteiger partial charge on any atom is 0.207 e. The fourth-order valence-corrected chi connectivity index (χ4v) is 4.40. The quantitative estimate of drug-likeness (QED) is 0.518. The average molecular weight is 273 g/mol. The lowest BCUT2D eigenvalue weighted by Crippen LogP contribution is -2.36. The summed E-state index contributed by atoms with van der Waals surface area (Å²) in [7, 11) is -0.765. The smallest absolute Gasteiger partial charge is 0.207 e. The average Bonchev–Trinajstić information content (AvgIpc) is 2.40. The van der Waals surface area contributed by atoms with Gasteiger partial charge in [0.05, 0.1) is 0 Å². The van der Waals surface area contributed by atoms with Crippen molar-refractivity contribution in [3.05, 3.63) is 0 Å². The van der Waals surface area contributed by atoms with Crippen LogP contribution in [0.5, 0.6) is 0 Å². The summed E-state index contributed by atoms with van der Waals surface area (Å²) in [5, 5.41) is 3.21. The molecule has 0 heterocycles. The van der Waals surface area contributed by atoms with Gasteiger partial charge in [0.25, 0.3) is 0 Å². The Morgan fingerprint density at radius 1 is 1.28 bits per heavy atom. The van der Waals surface area contributed by atoms with Crippen molar-refractivity contribution in [2.75, 3.05) is 5.75 Å². The van der Waals surface area contributed by atoms with E-state index < -0.39 is 10.8 Å². The Balaban J connectivity index is 2.33. The van der Waals surface area contributed by atoms with Crippen molar-refractivity contribution >= 4 is 17.2 Å². The van der Waals surface area contributed by atoms with E-state index in [-0.39, 0.29) is 6.04 Å². The molecule has 3 nitrogen and oxygen atoms in total. The molecule has 1 rings (SSSR count). The minimum absolute atomic E-state index is 0.108. The van der Waals surface area contributed by atoms with E-state index in [1.54, 1.807) is 0 Å². The fourth-order valence-electron chi connectivity index (χ4n) is 2.61. The summed E-state index contributed by atoms with van der Waals surface area (Å²) in [4.78, 5) is 10.6. The molecular formula is C14H27NO2S. The van der Waals surface area contributed by atoms with E-state index in [0.29, 0.717) is 11.0 Å². The van der Waals surface area contributed by atoms with Crippen LogP contribution in [0.15, 0.2) is 0 Å². The Kier molecular flexibility index (Phi) is 8.31. The molecule has 1 aliphatic carbocycles. The first-order chi connectivity index (χ1) is 8.77. The number of rotatable bonds is 9. The maximum atomic E-state index is 12.3. The van der Waals surface area contributed by atoms with Crippen LogP contribution in [-0.4, -0.2) is 27.7 Å². The van der Waals surface area contributed by atoms with Crippen molar-refractivity contribution in [2.24, 2.45) is 0 Å². The number of hydrogen-bond donors (Lipinski definition) is 1. The van der Waals surface area contributed by atoms with Crippen molar-refractivity contribution in [2.45, 2.75) is 76.0 Å². The van der Waals surface area contributed by atoms with Gasteiger partial charge in [-0.3, -0.25) is 9.00 Å². The van der Waals surface area contributed by atoms with Gasteiger partial charge in [0.2, 0.25) is 6.41 Å². The number of unbranched alkanes of at least 4 members (excludes halogenated alkanes) is 2. The zero-order chi connectivity index (χ0) is 13.2.